The number of hydrogen-bond acceptors (Lipinski definition) is 4. The molecule has 0 aliphatic carbocycles. The lowest BCUT2D eigenvalue weighted by Gasteiger charge is -2.10. The monoisotopic (exact) mass is 424 g/mol. The second-order valence-electron chi connectivity index (χ2n) is 7.00. The van der Waals surface area contributed by atoms with E-state index in [-0.39, 0.29) is 5.70 Å². The number of carboxylic acids is 1. The van der Waals surface area contributed by atoms with Gasteiger partial charge in [0.25, 0.3) is 5.91 Å². The van der Waals surface area contributed by atoms with Gasteiger partial charge >= 0.3 is 5.97 Å². The van der Waals surface area contributed by atoms with Crippen LogP contribution in [0.15, 0.2) is 90.8 Å². The largest absolute Gasteiger partial charge is 0.477 e. The molecule has 0 radical (unpaired) electrons. The number of nitrogens with zero attached hydrogens (tertiary/aromatic N) is 3. The first kappa shape index (κ1) is 20.7. The third-order valence-corrected chi connectivity index (χ3v) is 4.82. The van der Waals surface area contributed by atoms with Gasteiger partial charge < -0.3 is 10.4 Å². The Morgan fingerprint density at radius 1 is 0.938 bits per heavy atom. The summed E-state index contributed by atoms with van der Waals surface area (Å²) >= 11 is 0. The number of aliphatic carboxylic acids is 1. The van der Waals surface area contributed by atoms with E-state index in [1.807, 2.05) is 48.5 Å². The topological polar surface area (TPSA) is 97.1 Å². The molecule has 7 nitrogen and oxygen atoms in total. The summed E-state index contributed by atoms with van der Waals surface area (Å²) in [5.74, 6) is -1.16. The van der Waals surface area contributed by atoms with Crippen LogP contribution in [-0.4, -0.2) is 31.7 Å². The van der Waals surface area contributed by atoms with Crippen molar-refractivity contribution >= 4 is 18.0 Å². The van der Waals surface area contributed by atoms with Crippen molar-refractivity contribution in [1.29, 1.82) is 0 Å². The zero-order valence-corrected chi connectivity index (χ0v) is 17.3. The third-order valence-electron chi connectivity index (χ3n) is 4.82. The minimum Gasteiger partial charge on any atom is -0.477 e. The summed E-state index contributed by atoms with van der Waals surface area (Å²) in [6, 6.07) is 23.4. The van der Waals surface area contributed by atoms with Gasteiger partial charge in [-0.3, -0.25) is 4.79 Å². The molecule has 2 heterocycles. The van der Waals surface area contributed by atoms with Crippen LogP contribution in [0.1, 0.15) is 21.6 Å². The summed E-state index contributed by atoms with van der Waals surface area (Å²) < 4.78 is 1.68. The van der Waals surface area contributed by atoms with E-state index in [9.17, 15) is 14.7 Å². The van der Waals surface area contributed by atoms with Gasteiger partial charge in [-0.15, -0.1) is 0 Å². The quantitative estimate of drug-likeness (QED) is 0.454. The molecule has 1 amide bonds. The molecule has 4 rings (SSSR count). The number of hydrogen-bond donors (Lipinski definition) is 2. The number of rotatable bonds is 6. The highest BCUT2D eigenvalue weighted by Gasteiger charge is 2.20. The summed E-state index contributed by atoms with van der Waals surface area (Å²) in [4.78, 5) is 28.9. The Morgan fingerprint density at radius 2 is 1.59 bits per heavy atom. The van der Waals surface area contributed by atoms with Crippen LogP contribution < -0.4 is 5.32 Å². The van der Waals surface area contributed by atoms with Crippen molar-refractivity contribution in [3.8, 4) is 17.1 Å². The van der Waals surface area contributed by atoms with Gasteiger partial charge in [0.05, 0.1) is 11.4 Å². The second-order valence-corrected chi connectivity index (χ2v) is 7.00. The number of nitrogens with one attached hydrogen (secondary N) is 1. The maximum atomic E-state index is 12.6. The van der Waals surface area contributed by atoms with E-state index in [0.29, 0.717) is 28.3 Å². The Hall–Kier alpha value is -4.52. The molecule has 0 unspecified atom stereocenters. The van der Waals surface area contributed by atoms with E-state index in [0.717, 1.165) is 5.56 Å². The number of carbonyl (C=O) groups excluding carboxylic acids is 1. The van der Waals surface area contributed by atoms with Crippen LogP contribution in [-0.2, 0) is 4.79 Å². The minimum atomic E-state index is -1.25. The van der Waals surface area contributed by atoms with Gasteiger partial charge in [-0.25, -0.2) is 14.5 Å². The van der Waals surface area contributed by atoms with Gasteiger partial charge in [0.1, 0.15) is 5.70 Å². The number of carbonyl (C=O) groups is 2. The van der Waals surface area contributed by atoms with Gasteiger partial charge in [-0.05, 0) is 37.3 Å². The molecule has 0 saturated heterocycles. The predicted octanol–water partition coefficient (Wildman–Crippen LogP) is 4.10. The zero-order valence-electron chi connectivity index (χ0n) is 17.3. The van der Waals surface area contributed by atoms with Crippen LogP contribution in [0.4, 0.5) is 0 Å². The highest BCUT2D eigenvalue weighted by atomic mass is 16.4. The average Bonchev–Trinajstić information content (AvgIpc) is 3.16. The van der Waals surface area contributed by atoms with E-state index in [1.54, 1.807) is 48.1 Å². The number of benzene rings is 2. The predicted molar refractivity (Wildman–Crippen MR) is 121 cm³/mol. The second kappa shape index (κ2) is 9.09. The van der Waals surface area contributed by atoms with E-state index >= 15 is 0 Å². The normalized spacial score (nSPS) is 11.2. The molecule has 0 spiro atoms. The summed E-state index contributed by atoms with van der Waals surface area (Å²) in [5.41, 5.74) is 2.80. The standard InChI is InChI=1S/C25H20N4O3/c1-17-20(16-21(25(31)32)27-24(30)19-12-6-3-7-13-19)23(18-10-4-2-5-11-18)29(28-17)22-14-8-9-15-26-22/h2-16H,1H3,(H,27,30)(H,31,32)/b21-16+. The Labute approximate surface area is 184 Å². The van der Waals surface area contributed by atoms with Crippen LogP contribution >= 0.6 is 0 Å². The van der Waals surface area contributed by atoms with Gasteiger partial charge in [0.15, 0.2) is 5.82 Å². The molecule has 0 atom stereocenters. The first-order valence-electron chi connectivity index (χ1n) is 9.92. The smallest absolute Gasteiger partial charge is 0.352 e. The van der Waals surface area contributed by atoms with Crippen molar-refractivity contribution in [3.63, 3.8) is 0 Å². The van der Waals surface area contributed by atoms with Crippen molar-refractivity contribution in [2.75, 3.05) is 0 Å². The molecule has 32 heavy (non-hydrogen) atoms. The fraction of sp³-hybridized carbons (Fsp3) is 0.0400. The van der Waals surface area contributed by atoms with Crippen LogP contribution in [0.3, 0.4) is 0 Å². The molecule has 7 heteroatoms. The summed E-state index contributed by atoms with van der Waals surface area (Å²) in [7, 11) is 0. The molecular weight excluding hydrogens is 404 g/mol. The number of amides is 1. The van der Waals surface area contributed by atoms with Crippen molar-refractivity contribution < 1.29 is 14.7 Å². The number of aromatic nitrogens is 3. The first-order chi connectivity index (χ1) is 15.5. The summed E-state index contributed by atoms with van der Waals surface area (Å²) in [5, 5.41) is 16.9. The van der Waals surface area contributed by atoms with Crippen LogP contribution in [0.5, 0.6) is 0 Å². The SMILES string of the molecule is Cc1nn(-c2ccccn2)c(-c2ccccc2)c1/C=C(/NC(=O)c1ccccc1)C(=O)O. The summed E-state index contributed by atoms with van der Waals surface area (Å²) in [6.45, 7) is 1.79. The number of carboxylic acid groups (broad SMARTS) is 1. The van der Waals surface area contributed by atoms with Crippen LogP contribution in [0, 0.1) is 6.92 Å². The van der Waals surface area contributed by atoms with Crippen molar-refractivity contribution in [3.05, 3.63) is 108 Å². The summed E-state index contributed by atoms with van der Waals surface area (Å²) in [6.07, 6.45) is 3.10. The first-order valence-corrected chi connectivity index (χ1v) is 9.92. The highest BCUT2D eigenvalue weighted by molar-refractivity contribution is 6.03. The Balaban J connectivity index is 1.84. The maximum absolute atomic E-state index is 12.6. The molecule has 0 fully saturated rings. The van der Waals surface area contributed by atoms with Gasteiger partial charge in [-0.2, -0.15) is 5.10 Å². The van der Waals surface area contributed by atoms with E-state index in [2.05, 4.69) is 15.4 Å². The third kappa shape index (κ3) is 4.32. The van der Waals surface area contributed by atoms with Crippen LogP contribution in [0.2, 0.25) is 0 Å². The lowest BCUT2D eigenvalue weighted by molar-refractivity contribution is -0.132. The molecule has 2 aromatic carbocycles. The molecule has 0 bridgehead atoms. The molecule has 2 aromatic heterocycles. The minimum absolute atomic E-state index is 0.250. The lowest BCUT2D eigenvalue weighted by atomic mass is 10.0. The highest BCUT2D eigenvalue weighted by Crippen LogP contribution is 2.30. The fourth-order valence-corrected chi connectivity index (χ4v) is 3.31. The van der Waals surface area contributed by atoms with Gasteiger partial charge in [-0.1, -0.05) is 54.6 Å². The molecule has 2 N–H and O–H groups in total. The van der Waals surface area contributed by atoms with E-state index < -0.39 is 11.9 Å². The Bertz CT molecular complexity index is 1280. The van der Waals surface area contributed by atoms with Crippen molar-refractivity contribution in [2.24, 2.45) is 0 Å². The molecule has 0 aliphatic heterocycles. The van der Waals surface area contributed by atoms with E-state index in [1.165, 1.54) is 6.08 Å². The Kier molecular flexibility index (Phi) is 5.89. The Morgan fingerprint density at radius 3 is 2.22 bits per heavy atom. The fourth-order valence-electron chi connectivity index (χ4n) is 3.31. The van der Waals surface area contributed by atoms with Crippen LogP contribution in [0.25, 0.3) is 23.2 Å². The van der Waals surface area contributed by atoms with Gasteiger partial charge in [0, 0.05) is 22.9 Å². The average molecular weight is 424 g/mol. The maximum Gasteiger partial charge on any atom is 0.352 e. The van der Waals surface area contributed by atoms with E-state index in [4.69, 9.17) is 0 Å². The van der Waals surface area contributed by atoms with Crippen molar-refractivity contribution in [1.82, 2.24) is 20.1 Å². The zero-order chi connectivity index (χ0) is 22.5. The molecule has 0 aliphatic rings. The lowest BCUT2D eigenvalue weighted by Crippen LogP contribution is -2.27. The molecular formula is C25H20N4O3. The molecule has 4 aromatic rings. The van der Waals surface area contributed by atoms with Gasteiger partial charge in [0.2, 0.25) is 0 Å². The number of pyridine rings is 1. The molecule has 158 valence electrons. The molecule has 0 saturated carbocycles. The number of aryl methyl sites for hydroxylation is 1. The van der Waals surface area contributed by atoms with Crippen molar-refractivity contribution in [2.45, 2.75) is 6.92 Å².